The zero-order valence-corrected chi connectivity index (χ0v) is 18.8. The second-order valence-electron chi connectivity index (χ2n) is 8.29. The van der Waals surface area contributed by atoms with Crippen LogP contribution in [-0.4, -0.2) is 45.5 Å². The van der Waals surface area contributed by atoms with Crippen LogP contribution >= 0.6 is 0 Å². The minimum Gasteiger partial charge on any atom is -0.369 e. The van der Waals surface area contributed by atoms with E-state index in [4.69, 9.17) is 4.98 Å². The molecule has 0 spiro atoms. The van der Waals surface area contributed by atoms with Crippen LogP contribution in [0.2, 0.25) is 0 Å². The molecule has 8 heteroatoms. The summed E-state index contributed by atoms with van der Waals surface area (Å²) in [5.41, 5.74) is 6.05. The lowest BCUT2D eigenvalue weighted by molar-refractivity contribution is 0.589. The van der Waals surface area contributed by atoms with E-state index < -0.39 is 0 Å². The average Bonchev–Trinajstić information content (AvgIpc) is 3.30. The number of aryl methyl sites for hydroxylation is 1. The van der Waals surface area contributed by atoms with Crippen molar-refractivity contribution in [3.05, 3.63) is 71.7 Å². The largest absolute Gasteiger partial charge is 0.369 e. The number of hydrogen-bond acceptors (Lipinski definition) is 7. The Kier molecular flexibility index (Phi) is 5.63. The van der Waals surface area contributed by atoms with E-state index in [1.165, 1.54) is 5.69 Å². The van der Waals surface area contributed by atoms with Crippen molar-refractivity contribution in [1.82, 2.24) is 24.7 Å². The SMILES string of the molecule is Cc1cccn2c(-c3nc(N[C@@H](C)c4ccc(N5CCNCC5)cc4)ncc3C#N)cnc12. The summed E-state index contributed by atoms with van der Waals surface area (Å²) in [7, 11) is 0. The van der Waals surface area contributed by atoms with Gasteiger partial charge in [-0.15, -0.1) is 0 Å². The van der Waals surface area contributed by atoms with Gasteiger partial charge in [0.2, 0.25) is 5.95 Å². The van der Waals surface area contributed by atoms with Crippen molar-refractivity contribution in [2.75, 3.05) is 36.4 Å². The number of rotatable bonds is 5. The maximum Gasteiger partial charge on any atom is 0.223 e. The van der Waals surface area contributed by atoms with Gasteiger partial charge in [-0.1, -0.05) is 18.2 Å². The first-order chi connectivity index (χ1) is 16.1. The van der Waals surface area contributed by atoms with Gasteiger partial charge in [-0.25, -0.2) is 15.0 Å². The molecule has 1 fully saturated rings. The number of hydrogen-bond donors (Lipinski definition) is 2. The molecule has 0 bridgehead atoms. The maximum atomic E-state index is 9.64. The number of fused-ring (bicyclic) bond motifs is 1. The Labute approximate surface area is 192 Å². The first kappa shape index (κ1) is 20.9. The van der Waals surface area contributed by atoms with E-state index in [0.717, 1.165) is 48.6 Å². The van der Waals surface area contributed by atoms with E-state index >= 15 is 0 Å². The number of nitriles is 1. The molecule has 1 aliphatic rings. The van der Waals surface area contributed by atoms with Gasteiger partial charge >= 0.3 is 0 Å². The van der Waals surface area contributed by atoms with Crippen molar-refractivity contribution in [1.29, 1.82) is 5.26 Å². The summed E-state index contributed by atoms with van der Waals surface area (Å²) < 4.78 is 1.96. The van der Waals surface area contributed by atoms with Gasteiger partial charge in [0, 0.05) is 38.1 Å². The zero-order chi connectivity index (χ0) is 22.8. The van der Waals surface area contributed by atoms with Gasteiger partial charge < -0.3 is 15.5 Å². The Morgan fingerprint density at radius 2 is 1.88 bits per heavy atom. The molecule has 0 unspecified atom stereocenters. The molecule has 4 aromatic rings. The maximum absolute atomic E-state index is 9.64. The second-order valence-corrected chi connectivity index (χ2v) is 8.29. The minimum atomic E-state index is 0.00675. The van der Waals surface area contributed by atoms with E-state index in [0.29, 0.717) is 17.2 Å². The van der Waals surface area contributed by atoms with E-state index in [2.05, 4.69) is 62.8 Å². The summed E-state index contributed by atoms with van der Waals surface area (Å²) in [6, 6.07) is 14.8. The molecule has 8 nitrogen and oxygen atoms in total. The standard InChI is InChI=1S/C25H26N8/c1-17-4-3-11-33-22(16-28-24(17)33)23-20(14-26)15-29-25(31-23)30-18(2)19-5-7-21(8-6-19)32-12-9-27-10-13-32/h3-8,11,15-16,18,27H,9-10,12-13H2,1-2H3,(H,29,30,31)/t18-/m0/s1. The number of benzene rings is 1. The molecule has 1 saturated heterocycles. The molecule has 166 valence electrons. The highest BCUT2D eigenvalue weighted by Crippen LogP contribution is 2.26. The highest BCUT2D eigenvalue weighted by molar-refractivity contribution is 5.68. The molecule has 4 heterocycles. The third-order valence-electron chi connectivity index (χ3n) is 6.10. The molecule has 0 aliphatic carbocycles. The van der Waals surface area contributed by atoms with Gasteiger partial charge in [0.05, 0.1) is 29.7 Å². The van der Waals surface area contributed by atoms with Gasteiger partial charge in [0.15, 0.2) is 0 Å². The molecule has 3 aromatic heterocycles. The summed E-state index contributed by atoms with van der Waals surface area (Å²) in [6.45, 7) is 8.18. The van der Waals surface area contributed by atoms with Crippen molar-refractivity contribution in [2.24, 2.45) is 0 Å². The summed E-state index contributed by atoms with van der Waals surface area (Å²) in [6.07, 6.45) is 5.26. The van der Waals surface area contributed by atoms with Crippen LogP contribution < -0.4 is 15.5 Å². The molecule has 33 heavy (non-hydrogen) atoms. The molecule has 1 aliphatic heterocycles. The lowest BCUT2D eigenvalue weighted by atomic mass is 10.1. The second kappa shape index (κ2) is 8.88. The number of imidazole rings is 1. The molecule has 0 saturated carbocycles. The smallest absolute Gasteiger partial charge is 0.223 e. The van der Waals surface area contributed by atoms with Gasteiger partial charge in [-0.3, -0.25) is 4.40 Å². The number of pyridine rings is 1. The van der Waals surface area contributed by atoms with Gasteiger partial charge in [0.25, 0.3) is 0 Å². The van der Waals surface area contributed by atoms with Crippen LogP contribution in [0, 0.1) is 18.3 Å². The van der Waals surface area contributed by atoms with Crippen LogP contribution in [0.25, 0.3) is 17.0 Å². The molecule has 0 amide bonds. The van der Waals surface area contributed by atoms with Crippen molar-refractivity contribution in [3.8, 4) is 17.5 Å². The highest BCUT2D eigenvalue weighted by atomic mass is 15.2. The van der Waals surface area contributed by atoms with Crippen LogP contribution in [0.5, 0.6) is 0 Å². The van der Waals surface area contributed by atoms with E-state index in [9.17, 15) is 5.26 Å². The highest BCUT2D eigenvalue weighted by Gasteiger charge is 2.17. The normalized spacial score (nSPS) is 14.8. The van der Waals surface area contributed by atoms with Crippen LogP contribution in [0.1, 0.15) is 29.7 Å². The minimum absolute atomic E-state index is 0.00675. The number of nitrogens with one attached hydrogen (secondary N) is 2. The van der Waals surface area contributed by atoms with E-state index in [1.807, 2.05) is 29.7 Å². The van der Waals surface area contributed by atoms with Crippen LogP contribution in [0.4, 0.5) is 11.6 Å². The Hall–Kier alpha value is -3.96. The number of nitrogens with zero attached hydrogens (tertiary/aromatic N) is 6. The Balaban J connectivity index is 1.40. The van der Waals surface area contributed by atoms with Gasteiger partial charge in [0.1, 0.15) is 17.4 Å². The first-order valence-electron chi connectivity index (χ1n) is 11.2. The molecule has 0 radical (unpaired) electrons. The molecule has 5 rings (SSSR count). The third-order valence-corrected chi connectivity index (χ3v) is 6.10. The number of piperazine rings is 1. The summed E-state index contributed by atoms with van der Waals surface area (Å²) >= 11 is 0. The predicted octanol–water partition coefficient (Wildman–Crippen LogP) is 3.55. The van der Waals surface area contributed by atoms with Crippen LogP contribution in [0.15, 0.2) is 55.0 Å². The summed E-state index contributed by atoms with van der Waals surface area (Å²) in [5.74, 6) is 0.477. The Bertz CT molecular complexity index is 1310. The monoisotopic (exact) mass is 438 g/mol. The zero-order valence-electron chi connectivity index (χ0n) is 18.8. The Morgan fingerprint density at radius 1 is 1.09 bits per heavy atom. The van der Waals surface area contributed by atoms with Crippen molar-refractivity contribution < 1.29 is 0 Å². The molecular formula is C25H26N8. The molecular weight excluding hydrogens is 412 g/mol. The third kappa shape index (κ3) is 4.11. The fourth-order valence-corrected chi connectivity index (χ4v) is 4.23. The fourth-order valence-electron chi connectivity index (χ4n) is 4.23. The Morgan fingerprint density at radius 3 is 2.64 bits per heavy atom. The summed E-state index contributed by atoms with van der Waals surface area (Å²) in [5, 5.41) is 16.4. The summed E-state index contributed by atoms with van der Waals surface area (Å²) in [4.78, 5) is 16.0. The molecule has 1 aromatic carbocycles. The lowest BCUT2D eigenvalue weighted by Crippen LogP contribution is -2.43. The van der Waals surface area contributed by atoms with Crippen molar-refractivity contribution >= 4 is 17.3 Å². The van der Waals surface area contributed by atoms with Crippen molar-refractivity contribution in [2.45, 2.75) is 19.9 Å². The average molecular weight is 439 g/mol. The van der Waals surface area contributed by atoms with Crippen molar-refractivity contribution in [3.63, 3.8) is 0 Å². The number of aromatic nitrogens is 4. The fraction of sp³-hybridized carbons (Fsp3) is 0.280. The molecule has 1 atom stereocenters. The molecule has 2 N–H and O–H groups in total. The predicted molar refractivity (Wildman–Crippen MR) is 129 cm³/mol. The van der Waals surface area contributed by atoms with Gasteiger partial charge in [-0.05, 0) is 43.2 Å². The topological polar surface area (TPSA) is 94.2 Å². The lowest BCUT2D eigenvalue weighted by Gasteiger charge is -2.29. The van der Waals surface area contributed by atoms with Crippen LogP contribution in [0.3, 0.4) is 0 Å². The first-order valence-corrected chi connectivity index (χ1v) is 11.2. The van der Waals surface area contributed by atoms with E-state index in [1.54, 1.807) is 12.4 Å². The quantitative estimate of drug-likeness (QED) is 0.492. The van der Waals surface area contributed by atoms with Gasteiger partial charge in [-0.2, -0.15) is 5.26 Å². The van der Waals surface area contributed by atoms with Crippen LogP contribution in [-0.2, 0) is 0 Å². The number of anilines is 2. The van der Waals surface area contributed by atoms with E-state index in [-0.39, 0.29) is 6.04 Å².